The summed E-state index contributed by atoms with van der Waals surface area (Å²) in [6.45, 7) is 16.0. The smallest absolute Gasteiger partial charge is 0.748 e. The van der Waals surface area contributed by atoms with Crippen LogP contribution in [0.4, 0.5) is 27.6 Å². The fraction of sp³-hybridized carbons (Fsp3) is 0.405. The molecule has 0 spiro atoms. The second kappa shape index (κ2) is 30.7. The average molecular weight is 1190 g/mol. The van der Waals surface area contributed by atoms with Crippen molar-refractivity contribution < 1.29 is 142 Å². The minimum absolute atomic E-state index is 0. The van der Waals surface area contributed by atoms with Gasteiger partial charge in [0.25, 0.3) is 10.1 Å². The van der Waals surface area contributed by atoms with Crippen molar-refractivity contribution >= 4 is 117 Å². The molecule has 0 fully saturated rings. The zero-order valence-corrected chi connectivity index (χ0v) is 53.3. The molecule has 0 aliphatic carbocycles. The van der Waals surface area contributed by atoms with Crippen LogP contribution < -0.4 is 111 Å². The molecule has 6 rings (SSSR count). The SMILES string of the molecule is C.CC(C)(C)c1nn(-c2cc(S(=O)(=O)[O-])ccc2SOO[O-])c(N)c1N=Nc1nc(SCCS(=O)(=O)[O-])ns1.Cc1ccc(C)c(-n2nc(C(C)(C)C)cc2N)c1.Nc1nc(SCCS(=O)(=O)O)ns1.[Na+].[Na+].[Na+]. The molecule has 4 heterocycles. The summed E-state index contributed by atoms with van der Waals surface area (Å²) >= 11 is 4.44. The molecule has 6 aromatic rings. The molecule has 0 aliphatic rings. The van der Waals surface area contributed by atoms with Gasteiger partial charge in [-0.2, -0.15) is 41.7 Å². The molecule has 4 aromatic heterocycles. The Hall–Kier alpha value is -1.36. The molecule has 0 atom stereocenters. The number of nitrogen functional groups attached to an aromatic ring is 3. The van der Waals surface area contributed by atoms with Crippen molar-refractivity contribution in [1.29, 1.82) is 0 Å². The van der Waals surface area contributed by atoms with Gasteiger partial charge in [0.15, 0.2) is 11.5 Å². The van der Waals surface area contributed by atoms with Gasteiger partial charge in [0.1, 0.15) is 15.9 Å². The zero-order valence-electron chi connectivity index (χ0n) is 40.8. The van der Waals surface area contributed by atoms with Gasteiger partial charge in [-0.25, -0.2) is 26.2 Å². The molecule has 73 heavy (non-hydrogen) atoms. The summed E-state index contributed by atoms with van der Waals surface area (Å²) in [7, 11) is -13.1. The number of nitrogens with zero attached hydrogens (tertiary/aromatic N) is 10. The van der Waals surface area contributed by atoms with Crippen LogP contribution in [0.3, 0.4) is 0 Å². The summed E-state index contributed by atoms with van der Waals surface area (Å²) in [5.41, 5.74) is 22.0. The standard InChI is InChI=1S/C17H21N7O9S5.C15H21N3.C4H7N3O3S3.CH4.3Na/c1-17(2,3)13-12(20-21-15-19-16(23-35-15)34-6-7-37(26,27)28)14(18)24(22-13)10-8-9(38(29,30)31)4-5-11(10)36-33-32-25;1-10-6-7-11(2)12(8-10)18-14(16)9-13(17-18)15(3,4)5;5-3-6-4(7-12-3)11-1-2-13(8,9)10;;;;/h4-5,8,25H,6-7,18H2,1-3H3,(H,26,27,28)(H,29,30,31);6-9H,16H2,1-5H3;1-2H2,(H2,5,6,7)(H,8,9,10);1H4;;;/q;;;;3*+1/p-3. The number of rotatable bonds is 16. The Morgan fingerprint density at radius 2 is 1.37 bits per heavy atom. The number of azo groups is 1. The van der Waals surface area contributed by atoms with E-state index in [1.165, 1.54) is 17.2 Å². The first-order valence-corrected chi connectivity index (χ1v) is 28.3. The van der Waals surface area contributed by atoms with Gasteiger partial charge in [0, 0.05) is 57.2 Å². The molecule has 0 saturated heterocycles. The summed E-state index contributed by atoms with van der Waals surface area (Å²) in [6.07, 6.45) is 0. The molecule has 0 radical (unpaired) electrons. The number of hydrogen-bond acceptors (Lipinski definition) is 27. The molecule has 0 amide bonds. The van der Waals surface area contributed by atoms with Gasteiger partial charge in [-0.1, -0.05) is 84.6 Å². The van der Waals surface area contributed by atoms with E-state index in [2.05, 4.69) is 101 Å². The maximum absolute atomic E-state index is 11.6. The Bertz CT molecular complexity index is 3110. The van der Waals surface area contributed by atoms with Gasteiger partial charge in [0.05, 0.1) is 60.5 Å². The fourth-order valence-corrected chi connectivity index (χ4v) is 10.7. The predicted molar refractivity (Wildman–Crippen MR) is 266 cm³/mol. The Morgan fingerprint density at radius 1 is 0.767 bits per heavy atom. The van der Waals surface area contributed by atoms with Crippen LogP contribution in [0.5, 0.6) is 0 Å². The van der Waals surface area contributed by atoms with Crippen LogP contribution in [0.2, 0.25) is 0 Å². The van der Waals surface area contributed by atoms with Gasteiger partial charge in [-0.15, -0.1) is 10.2 Å². The van der Waals surface area contributed by atoms with E-state index in [9.17, 15) is 39.6 Å². The van der Waals surface area contributed by atoms with Crippen LogP contribution >= 0.6 is 58.6 Å². The number of anilines is 3. The Labute approximate surface area is 511 Å². The van der Waals surface area contributed by atoms with E-state index in [1.807, 2.05) is 31.5 Å². The summed E-state index contributed by atoms with van der Waals surface area (Å²) < 4.78 is 111. The van der Waals surface area contributed by atoms with Gasteiger partial charge in [-0.05, 0) is 49.2 Å². The molecular weight excluding hydrogens is 1140 g/mol. The van der Waals surface area contributed by atoms with Crippen LogP contribution in [0.1, 0.15) is 71.5 Å². The number of nitrogens with two attached hydrogens (primary N) is 3. The van der Waals surface area contributed by atoms with E-state index in [0.717, 1.165) is 74.8 Å². The van der Waals surface area contributed by atoms with E-state index in [1.54, 1.807) is 0 Å². The molecule has 0 aliphatic heterocycles. The molecule has 0 bridgehead atoms. The van der Waals surface area contributed by atoms with Crippen molar-refractivity contribution in [3.63, 3.8) is 0 Å². The number of thioether (sulfide) groups is 2. The van der Waals surface area contributed by atoms with Gasteiger partial charge >= 0.3 is 88.7 Å². The van der Waals surface area contributed by atoms with Gasteiger partial charge in [0.2, 0.25) is 20.6 Å². The van der Waals surface area contributed by atoms with Crippen LogP contribution in [0, 0.1) is 13.8 Å². The molecule has 0 saturated carbocycles. The van der Waals surface area contributed by atoms with Crippen molar-refractivity contribution in [2.75, 3.05) is 40.2 Å². The molecule has 25 nitrogen and oxygen atoms in total. The third-order valence-electron chi connectivity index (χ3n) is 8.49. The topological polar surface area (TPSA) is 400 Å². The molecule has 386 valence electrons. The van der Waals surface area contributed by atoms with Crippen LogP contribution in [0.15, 0.2) is 72.8 Å². The van der Waals surface area contributed by atoms with Crippen LogP contribution in [-0.2, 0) is 50.6 Å². The summed E-state index contributed by atoms with van der Waals surface area (Å²) in [5.74, 6) is -0.116. The monoisotopic (exact) mass is 1190 g/mol. The van der Waals surface area contributed by atoms with E-state index in [4.69, 9.17) is 21.8 Å². The van der Waals surface area contributed by atoms with Crippen LogP contribution in [0.25, 0.3) is 11.4 Å². The fourth-order valence-electron chi connectivity index (χ4n) is 5.20. The minimum Gasteiger partial charge on any atom is -0.748 e. The van der Waals surface area contributed by atoms with Crippen molar-refractivity contribution in [3.05, 3.63) is 65.0 Å². The summed E-state index contributed by atoms with van der Waals surface area (Å²) in [6, 6.07) is 11.5. The van der Waals surface area contributed by atoms with E-state index < -0.39 is 46.4 Å². The second-order valence-electron chi connectivity index (χ2n) is 16.2. The Kier molecular flexibility index (Phi) is 30.1. The Balaban J connectivity index is 0.00000123. The quantitative estimate of drug-likeness (QED) is 0.0142. The normalized spacial score (nSPS) is 11.8. The Morgan fingerprint density at radius 3 is 1.89 bits per heavy atom. The summed E-state index contributed by atoms with van der Waals surface area (Å²) in [4.78, 5) is 7.45. The third-order valence-corrected chi connectivity index (χ3v) is 15.0. The molecular formula is C37H50N13Na3O12S8. The van der Waals surface area contributed by atoms with Crippen molar-refractivity contribution in [1.82, 2.24) is 38.3 Å². The van der Waals surface area contributed by atoms with Crippen molar-refractivity contribution in [2.24, 2.45) is 10.2 Å². The first-order valence-electron chi connectivity index (χ1n) is 19.4. The van der Waals surface area contributed by atoms with Gasteiger partial charge < -0.3 is 31.6 Å². The maximum atomic E-state index is 11.6. The number of aryl methyl sites for hydroxylation is 2. The zero-order chi connectivity index (χ0) is 51.7. The maximum Gasteiger partial charge on any atom is 1.00 e. The van der Waals surface area contributed by atoms with Gasteiger partial charge in [-0.3, -0.25) is 9.59 Å². The van der Waals surface area contributed by atoms with Crippen molar-refractivity contribution in [3.8, 4) is 11.4 Å². The summed E-state index contributed by atoms with van der Waals surface area (Å²) in [5, 5.41) is 32.1. The number of hydrogen-bond donors (Lipinski definition) is 4. The first-order chi connectivity index (χ1) is 31.9. The average Bonchev–Trinajstić information content (AvgIpc) is 4.03. The predicted octanol–water partition coefficient (Wildman–Crippen LogP) is -3.09. The number of aromatic nitrogens is 8. The van der Waals surface area contributed by atoms with E-state index in [-0.39, 0.29) is 151 Å². The van der Waals surface area contributed by atoms with Crippen molar-refractivity contribution in [2.45, 2.75) is 93.8 Å². The molecule has 7 N–H and O–H groups in total. The number of benzene rings is 2. The largest absolute Gasteiger partial charge is 1.00 e. The minimum atomic E-state index is -4.86. The second-order valence-corrected chi connectivity index (χ2v) is 25.0. The molecule has 0 unspecified atom stereocenters. The van der Waals surface area contributed by atoms with Crippen LogP contribution in [-0.4, -0.2) is 100 Å². The van der Waals surface area contributed by atoms with E-state index in [0.29, 0.717) is 33.8 Å². The molecule has 36 heteroatoms. The first kappa shape index (κ1) is 71.6. The van der Waals surface area contributed by atoms with E-state index >= 15 is 0 Å². The third kappa shape index (κ3) is 23.3. The molecule has 2 aromatic carbocycles.